The Morgan fingerprint density at radius 1 is 1.41 bits per heavy atom. The van der Waals surface area contributed by atoms with Crippen LogP contribution in [0.3, 0.4) is 0 Å². The second-order valence-electron chi connectivity index (χ2n) is 6.89. The molecule has 2 bridgehead atoms. The Balaban J connectivity index is 1.48. The lowest BCUT2D eigenvalue weighted by molar-refractivity contribution is -0.124. The summed E-state index contributed by atoms with van der Waals surface area (Å²) < 4.78 is 5.61. The third-order valence-corrected chi connectivity index (χ3v) is 5.55. The Bertz CT molecular complexity index is 560. The van der Waals surface area contributed by atoms with E-state index in [1.165, 1.54) is 25.7 Å². The zero-order chi connectivity index (χ0) is 15.7. The molecule has 1 aromatic rings. The average Bonchev–Trinajstić information content (AvgIpc) is 3.09. The molecule has 1 aromatic carbocycles. The summed E-state index contributed by atoms with van der Waals surface area (Å²) >= 11 is 5.92. The minimum atomic E-state index is -0.0374. The van der Waals surface area contributed by atoms with Gasteiger partial charge in [-0.05, 0) is 74.6 Å². The van der Waals surface area contributed by atoms with Crippen LogP contribution in [-0.4, -0.2) is 18.6 Å². The van der Waals surface area contributed by atoms with E-state index in [1.54, 1.807) is 6.07 Å². The van der Waals surface area contributed by atoms with Crippen LogP contribution >= 0.6 is 11.6 Å². The van der Waals surface area contributed by atoms with Crippen LogP contribution in [-0.2, 0) is 4.79 Å². The molecule has 22 heavy (non-hydrogen) atoms. The maximum absolute atomic E-state index is 12.1. The number of fused-ring (bicyclic) bond motifs is 2. The van der Waals surface area contributed by atoms with Crippen molar-refractivity contribution in [2.24, 2.45) is 17.8 Å². The molecule has 0 spiro atoms. The molecule has 0 radical (unpaired) electrons. The summed E-state index contributed by atoms with van der Waals surface area (Å²) in [4.78, 5) is 12.1. The van der Waals surface area contributed by atoms with Gasteiger partial charge in [0.1, 0.15) is 5.75 Å². The number of halogens is 1. The number of hydrogen-bond acceptors (Lipinski definition) is 2. The fraction of sp³-hybridized carbons (Fsp3) is 0.611. The molecule has 0 heterocycles. The van der Waals surface area contributed by atoms with E-state index in [2.05, 4.69) is 12.2 Å². The Morgan fingerprint density at radius 2 is 2.23 bits per heavy atom. The second kappa shape index (κ2) is 6.49. The summed E-state index contributed by atoms with van der Waals surface area (Å²) in [6, 6.07) is 5.68. The molecule has 3 rings (SSSR count). The molecule has 0 unspecified atom stereocenters. The largest absolute Gasteiger partial charge is 0.484 e. The summed E-state index contributed by atoms with van der Waals surface area (Å²) in [5.74, 6) is 3.05. The minimum Gasteiger partial charge on any atom is -0.484 e. The van der Waals surface area contributed by atoms with Gasteiger partial charge in [0.25, 0.3) is 5.91 Å². The van der Waals surface area contributed by atoms with Crippen molar-refractivity contribution in [1.29, 1.82) is 0 Å². The molecule has 2 saturated carbocycles. The zero-order valence-corrected chi connectivity index (χ0v) is 14.0. The molecule has 0 saturated heterocycles. The molecule has 1 amide bonds. The van der Waals surface area contributed by atoms with E-state index in [-0.39, 0.29) is 18.6 Å². The van der Waals surface area contributed by atoms with Gasteiger partial charge in [-0.1, -0.05) is 18.0 Å². The normalized spacial score (nSPS) is 27.7. The van der Waals surface area contributed by atoms with Gasteiger partial charge in [0.15, 0.2) is 6.61 Å². The number of benzene rings is 1. The van der Waals surface area contributed by atoms with E-state index in [0.29, 0.717) is 16.7 Å². The number of nitrogens with one attached hydrogen (secondary N) is 1. The number of carbonyl (C=O) groups is 1. The quantitative estimate of drug-likeness (QED) is 0.891. The predicted octanol–water partition coefficient (Wildman–Crippen LogP) is 3.97. The third-order valence-electron chi connectivity index (χ3n) is 5.32. The number of rotatable bonds is 5. The molecule has 0 aliphatic heterocycles. The van der Waals surface area contributed by atoms with Crippen LogP contribution < -0.4 is 10.1 Å². The summed E-state index contributed by atoms with van der Waals surface area (Å²) in [5.41, 5.74) is 0.946. The molecule has 1 N–H and O–H groups in total. The van der Waals surface area contributed by atoms with Crippen LogP contribution in [0.1, 0.15) is 38.2 Å². The highest BCUT2D eigenvalue weighted by atomic mass is 35.5. The van der Waals surface area contributed by atoms with E-state index in [4.69, 9.17) is 16.3 Å². The molecule has 2 aliphatic rings. The van der Waals surface area contributed by atoms with Crippen LogP contribution in [0.2, 0.25) is 5.02 Å². The van der Waals surface area contributed by atoms with Gasteiger partial charge in [0, 0.05) is 11.1 Å². The van der Waals surface area contributed by atoms with Crippen LogP contribution in [0, 0.1) is 24.7 Å². The van der Waals surface area contributed by atoms with E-state index < -0.39 is 0 Å². The minimum absolute atomic E-state index is 0.0374. The van der Waals surface area contributed by atoms with E-state index >= 15 is 0 Å². The van der Waals surface area contributed by atoms with Crippen molar-refractivity contribution in [1.82, 2.24) is 5.32 Å². The van der Waals surface area contributed by atoms with E-state index in [1.807, 2.05) is 19.1 Å². The number of hydrogen-bond donors (Lipinski definition) is 1. The van der Waals surface area contributed by atoms with Gasteiger partial charge in [-0.2, -0.15) is 0 Å². The lowest BCUT2D eigenvalue weighted by Gasteiger charge is -2.28. The van der Waals surface area contributed by atoms with E-state index in [0.717, 1.165) is 17.4 Å². The van der Waals surface area contributed by atoms with Gasteiger partial charge >= 0.3 is 0 Å². The SMILES string of the molecule is Cc1cc(Cl)ccc1OCC(=O)N[C@H](C)[C@H]1C[C@H]2CC[C@H]1C2. The van der Waals surface area contributed by atoms with Crippen LogP contribution in [0.15, 0.2) is 18.2 Å². The smallest absolute Gasteiger partial charge is 0.258 e. The Kier molecular flexibility index (Phi) is 4.62. The third kappa shape index (κ3) is 3.40. The average molecular weight is 322 g/mol. The molecular weight excluding hydrogens is 298 g/mol. The fourth-order valence-corrected chi connectivity index (χ4v) is 4.45. The first-order valence-electron chi connectivity index (χ1n) is 8.21. The predicted molar refractivity (Wildman–Crippen MR) is 88.2 cm³/mol. The molecular formula is C18H24ClNO2. The van der Waals surface area contributed by atoms with Crippen molar-refractivity contribution in [3.05, 3.63) is 28.8 Å². The van der Waals surface area contributed by atoms with Crippen molar-refractivity contribution in [3.63, 3.8) is 0 Å². The first-order chi connectivity index (χ1) is 10.5. The summed E-state index contributed by atoms with van der Waals surface area (Å²) in [7, 11) is 0. The van der Waals surface area contributed by atoms with Crippen molar-refractivity contribution < 1.29 is 9.53 Å². The maximum Gasteiger partial charge on any atom is 0.258 e. The molecule has 2 fully saturated rings. The lowest BCUT2D eigenvalue weighted by Crippen LogP contribution is -2.42. The topological polar surface area (TPSA) is 38.3 Å². The van der Waals surface area contributed by atoms with Gasteiger partial charge in [-0.15, -0.1) is 0 Å². The van der Waals surface area contributed by atoms with Crippen molar-refractivity contribution in [2.45, 2.75) is 45.6 Å². The molecule has 120 valence electrons. The second-order valence-corrected chi connectivity index (χ2v) is 7.33. The molecule has 0 aromatic heterocycles. The van der Waals surface area contributed by atoms with Crippen LogP contribution in [0.25, 0.3) is 0 Å². The number of amides is 1. The van der Waals surface area contributed by atoms with Crippen molar-refractivity contribution in [3.8, 4) is 5.75 Å². The first kappa shape index (κ1) is 15.7. The molecule has 3 nitrogen and oxygen atoms in total. The van der Waals surface area contributed by atoms with Crippen LogP contribution in [0.5, 0.6) is 5.75 Å². The molecule has 4 heteroatoms. The Morgan fingerprint density at radius 3 is 2.86 bits per heavy atom. The van der Waals surface area contributed by atoms with Gasteiger partial charge < -0.3 is 10.1 Å². The van der Waals surface area contributed by atoms with Gasteiger partial charge in [-0.25, -0.2) is 0 Å². The zero-order valence-electron chi connectivity index (χ0n) is 13.3. The maximum atomic E-state index is 12.1. The summed E-state index contributed by atoms with van der Waals surface area (Å²) in [6.07, 6.45) is 5.38. The Hall–Kier alpha value is -1.22. The monoisotopic (exact) mass is 321 g/mol. The first-order valence-corrected chi connectivity index (χ1v) is 8.59. The van der Waals surface area contributed by atoms with Gasteiger partial charge in [0.2, 0.25) is 0 Å². The van der Waals surface area contributed by atoms with Crippen molar-refractivity contribution in [2.75, 3.05) is 6.61 Å². The number of ether oxygens (including phenoxy) is 1. The van der Waals surface area contributed by atoms with Gasteiger partial charge in [-0.3, -0.25) is 4.79 Å². The number of carbonyl (C=O) groups excluding carboxylic acids is 1. The number of aryl methyl sites for hydroxylation is 1. The highest BCUT2D eigenvalue weighted by molar-refractivity contribution is 6.30. The molecule has 2 aliphatic carbocycles. The standard InChI is InChI=1S/C18H24ClNO2/c1-11-7-15(19)5-6-17(11)22-10-18(21)20-12(2)16-9-13-3-4-14(16)8-13/h5-7,12-14,16H,3-4,8-10H2,1-2H3,(H,20,21)/t12-,13+,14+,16-/m1/s1. The summed E-state index contributed by atoms with van der Waals surface area (Å²) in [6.45, 7) is 4.13. The van der Waals surface area contributed by atoms with Crippen LogP contribution in [0.4, 0.5) is 0 Å². The lowest BCUT2D eigenvalue weighted by atomic mass is 9.84. The van der Waals surface area contributed by atoms with Crippen molar-refractivity contribution >= 4 is 17.5 Å². The van der Waals surface area contributed by atoms with E-state index in [9.17, 15) is 4.79 Å². The molecule has 4 atom stereocenters. The fourth-order valence-electron chi connectivity index (χ4n) is 4.23. The Labute approximate surface area is 137 Å². The van der Waals surface area contributed by atoms with Gasteiger partial charge in [0.05, 0.1) is 0 Å². The highest BCUT2D eigenvalue weighted by Crippen LogP contribution is 2.49. The highest BCUT2D eigenvalue weighted by Gasteiger charge is 2.42. The summed E-state index contributed by atoms with van der Waals surface area (Å²) in [5, 5.41) is 3.80.